The van der Waals surface area contributed by atoms with E-state index in [1.54, 1.807) is 7.11 Å². The maximum atomic E-state index is 6.86. The van der Waals surface area contributed by atoms with Gasteiger partial charge in [-0.1, -0.05) is 13.0 Å². The lowest BCUT2D eigenvalue weighted by atomic mass is 9.90. The van der Waals surface area contributed by atoms with Crippen molar-refractivity contribution >= 4 is 17.7 Å². The van der Waals surface area contributed by atoms with Crippen LogP contribution in [0.15, 0.2) is 35.5 Å². The first-order valence-electron chi connectivity index (χ1n) is 11.8. The molecule has 5 rings (SSSR count). The molecule has 9 nitrogen and oxygen atoms in total. The van der Waals surface area contributed by atoms with E-state index in [1.807, 2.05) is 62.1 Å². The Morgan fingerprint density at radius 2 is 2.11 bits per heavy atom. The number of hydrogen-bond donors (Lipinski definition) is 3. The minimum absolute atomic E-state index is 0.0735. The lowest BCUT2D eigenvalue weighted by molar-refractivity contribution is 0.164. The number of anilines is 2. The van der Waals surface area contributed by atoms with Crippen LogP contribution in [0.1, 0.15) is 36.0 Å². The Morgan fingerprint density at radius 3 is 2.80 bits per heavy atom. The minimum atomic E-state index is -1.22. The molecule has 0 spiro atoms. The van der Waals surface area contributed by atoms with Gasteiger partial charge in [0.25, 0.3) is 0 Å². The van der Waals surface area contributed by atoms with E-state index < -0.39 is 5.79 Å². The highest BCUT2D eigenvalue weighted by Crippen LogP contribution is 2.39. The maximum absolute atomic E-state index is 6.86. The molecular weight excluding hydrogens is 442 g/mol. The van der Waals surface area contributed by atoms with Crippen LogP contribution in [-0.2, 0) is 17.6 Å². The first kappa shape index (κ1) is 23.3. The average molecular weight is 476 g/mol. The van der Waals surface area contributed by atoms with Crippen molar-refractivity contribution in [2.75, 3.05) is 37.5 Å². The number of imidazole rings is 1. The zero-order valence-electron chi connectivity index (χ0n) is 21.0. The van der Waals surface area contributed by atoms with Gasteiger partial charge in [-0.3, -0.25) is 5.73 Å². The normalized spacial score (nSPS) is 23.1. The molecule has 35 heavy (non-hydrogen) atoms. The predicted molar refractivity (Wildman–Crippen MR) is 138 cm³/mol. The summed E-state index contributed by atoms with van der Waals surface area (Å²) in [6, 6.07) is 7.95. The molecule has 4 N–H and O–H groups in total. The fourth-order valence-corrected chi connectivity index (χ4v) is 4.67. The van der Waals surface area contributed by atoms with Crippen molar-refractivity contribution in [3.63, 3.8) is 0 Å². The number of aryl methyl sites for hydroxylation is 2. The Labute approximate surface area is 205 Å². The third kappa shape index (κ3) is 4.26. The van der Waals surface area contributed by atoms with E-state index in [0.717, 1.165) is 71.6 Å². The van der Waals surface area contributed by atoms with Crippen molar-refractivity contribution in [2.45, 2.75) is 33.0 Å². The average Bonchev–Trinajstić information content (AvgIpc) is 3.43. The molecule has 0 bridgehead atoms. The van der Waals surface area contributed by atoms with Crippen LogP contribution in [0.4, 0.5) is 11.5 Å². The van der Waals surface area contributed by atoms with Crippen LogP contribution in [0.3, 0.4) is 0 Å². The molecule has 0 radical (unpaired) electrons. The van der Waals surface area contributed by atoms with Gasteiger partial charge >= 0.3 is 0 Å². The molecule has 9 heteroatoms. The number of nitrogens with zero attached hydrogens (tertiary/aromatic N) is 4. The van der Waals surface area contributed by atoms with Gasteiger partial charge in [0, 0.05) is 48.6 Å². The number of hydrogen-bond acceptors (Lipinski definition) is 8. The summed E-state index contributed by atoms with van der Waals surface area (Å²) in [5.41, 5.74) is 12.3. The zero-order chi connectivity index (χ0) is 24.8. The number of pyridine rings is 1. The maximum Gasteiger partial charge on any atom is 0.212 e. The first-order chi connectivity index (χ1) is 16.7. The monoisotopic (exact) mass is 475 g/mol. The molecule has 0 amide bonds. The van der Waals surface area contributed by atoms with Gasteiger partial charge in [0.2, 0.25) is 5.79 Å². The summed E-state index contributed by atoms with van der Waals surface area (Å²) in [6.45, 7) is 8.48. The fourth-order valence-electron chi connectivity index (χ4n) is 4.67. The highest BCUT2D eigenvalue weighted by molar-refractivity contribution is 5.94. The summed E-state index contributed by atoms with van der Waals surface area (Å²) < 4.78 is 13.4. The molecule has 1 aromatic carbocycles. The number of aliphatic imine (C=N–C) groups is 1. The van der Waals surface area contributed by atoms with Crippen molar-refractivity contribution in [2.24, 2.45) is 23.2 Å². The summed E-state index contributed by atoms with van der Waals surface area (Å²) in [4.78, 5) is 13.9. The SMILES string of the molecule is COc1cc(-c2cnc(C)n2C)ccc1C1(N)N=Cc2cc(C)nc(NCC3(C)CCOC3)c2N1. The van der Waals surface area contributed by atoms with Gasteiger partial charge in [-0.25, -0.2) is 15.0 Å². The number of benzene rings is 1. The topological polar surface area (TPSA) is 112 Å². The number of rotatable bonds is 6. The molecule has 2 aromatic heterocycles. The van der Waals surface area contributed by atoms with Crippen molar-refractivity contribution in [1.29, 1.82) is 0 Å². The summed E-state index contributed by atoms with van der Waals surface area (Å²) in [5.74, 6) is 1.12. The molecule has 0 saturated carbocycles. The second kappa shape index (κ2) is 8.66. The van der Waals surface area contributed by atoms with E-state index in [4.69, 9.17) is 25.2 Å². The van der Waals surface area contributed by atoms with Gasteiger partial charge in [-0.15, -0.1) is 0 Å². The number of ether oxygens (including phenoxy) is 2. The molecular formula is C26H33N7O2. The number of methoxy groups -OCH3 is 1. The van der Waals surface area contributed by atoms with Crippen LogP contribution in [0.25, 0.3) is 11.3 Å². The third-order valence-corrected chi connectivity index (χ3v) is 7.01. The second-order valence-electron chi connectivity index (χ2n) is 9.86. The van der Waals surface area contributed by atoms with Crippen molar-refractivity contribution in [3.8, 4) is 17.0 Å². The van der Waals surface area contributed by atoms with Gasteiger partial charge in [-0.05, 0) is 38.5 Å². The lowest BCUT2D eigenvalue weighted by Crippen LogP contribution is -2.45. The Kier molecular flexibility index (Phi) is 5.77. The quantitative estimate of drug-likeness (QED) is 0.500. The van der Waals surface area contributed by atoms with Gasteiger partial charge in [-0.2, -0.15) is 0 Å². The molecule has 2 unspecified atom stereocenters. The van der Waals surface area contributed by atoms with Crippen molar-refractivity contribution in [1.82, 2.24) is 14.5 Å². The molecule has 1 saturated heterocycles. The number of aromatic nitrogens is 3. The molecule has 1 fully saturated rings. The highest BCUT2D eigenvalue weighted by atomic mass is 16.5. The van der Waals surface area contributed by atoms with E-state index >= 15 is 0 Å². The molecule has 2 aliphatic rings. The minimum Gasteiger partial charge on any atom is -0.496 e. The van der Waals surface area contributed by atoms with Gasteiger partial charge in [0.15, 0.2) is 5.82 Å². The van der Waals surface area contributed by atoms with Gasteiger partial charge < -0.3 is 24.7 Å². The van der Waals surface area contributed by atoms with E-state index in [1.165, 1.54) is 0 Å². The van der Waals surface area contributed by atoms with Crippen molar-refractivity contribution < 1.29 is 9.47 Å². The van der Waals surface area contributed by atoms with Crippen LogP contribution < -0.4 is 21.1 Å². The van der Waals surface area contributed by atoms with Gasteiger partial charge in [0.1, 0.15) is 11.6 Å². The molecule has 4 heterocycles. The third-order valence-electron chi connectivity index (χ3n) is 7.01. The smallest absolute Gasteiger partial charge is 0.212 e. The molecule has 2 atom stereocenters. The molecule has 3 aromatic rings. The number of nitrogens with one attached hydrogen (secondary N) is 2. The summed E-state index contributed by atoms with van der Waals surface area (Å²) in [5, 5.41) is 6.99. The van der Waals surface area contributed by atoms with Crippen LogP contribution in [0, 0.1) is 19.3 Å². The van der Waals surface area contributed by atoms with E-state index in [-0.39, 0.29) is 5.41 Å². The fraction of sp³-hybridized carbons (Fsp3) is 0.423. The second-order valence-corrected chi connectivity index (χ2v) is 9.86. The summed E-state index contributed by atoms with van der Waals surface area (Å²) in [6.07, 6.45) is 4.68. The Morgan fingerprint density at radius 1 is 1.29 bits per heavy atom. The van der Waals surface area contributed by atoms with E-state index in [9.17, 15) is 0 Å². The standard InChI is InChI=1S/C26H33N7O2/c1-16-10-19-12-30-26(27,32-23(19)24(31-16)29-14-25(3)8-9-35-15-25)20-7-6-18(11-22(20)34-5)21-13-28-17(2)33(21)4/h6-7,10-13,32H,8-9,14-15,27H2,1-5H3,(H,29,31). The van der Waals surface area contributed by atoms with Crippen LogP contribution in [0.2, 0.25) is 0 Å². The van der Waals surface area contributed by atoms with Crippen LogP contribution in [0.5, 0.6) is 5.75 Å². The first-order valence-corrected chi connectivity index (χ1v) is 11.8. The largest absolute Gasteiger partial charge is 0.496 e. The highest BCUT2D eigenvalue weighted by Gasteiger charge is 2.35. The van der Waals surface area contributed by atoms with Crippen LogP contribution in [-0.4, -0.2) is 47.6 Å². The Balaban J connectivity index is 1.48. The Hall–Kier alpha value is -3.43. The van der Waals surface area contributed by atoms with Crippen molar-refractivity contribution in [3.05, 3.63) is 53.1 Å². The number of nitrogens with two attached hydrogens (primary N) is 1. The van der Waals surface area contributed by atoms with E-state index in [2.05, 4.69) is 22.5 Å². The Bertz CT molecular complexity index is 1290. The van der Waals surface area contributed by atoms with Crippen LogP contribution >= 0.6 is 0 Å². The molecule has 0 aliphatic carbocycles. The molecule has 2 aliphatic heterocycles. The lowest BCUT2D eigenvalue weighted by Gasteiger charge is -2.34. The summed E-state index contributed by atoms with van der Waals surface area (Å²) >= 11 is 0. The van der Waals surface area contributed by atoms with E-state index in [0.29, 0.717) is 5.75 Å². The summed E-state index contributed by atoms with van der Waals surface area (Å²) in [7, 11) is 3.64. The van der Waals surface area contributed by atoms with Gasteiger partial charge in [0.05, 0.1) is 36.9 Å². The number of fused-ring (bicyclic) bond motifs is 1. The predicted octanol–water partition coefficient (Wildman–Crippen LogP) is 3.56. The zero-order valence-corrected chi connectivity index (χ0v) is 21.0. The molecule has 184 valence electrons.